The summed E-state index contributed by atoms with van der Waals surface area (Å²) in [7, 11) is -3.92. The summed E-state index contributed by atoms with van der Waals surface area (Å²) < 4.78 is 44.7. The van der Waals surface area contributed by atoms with Gasteiger partial charge in [0.1, 0.15) is 11.4 Å². The molecule has 22 heavy (non-hydrogen) atoms. The maximum Gasteiger partial charge on any atom is 0.307 e. The van der Waals surface area contributed by atoms with E-state index >= 15 is 0 Å². The Bertz CT molecular complexity index is 829. The van der Waals surface area contributed by atoms with Crippen LogP contribution in [-0.2, 0) is 14.8 Å². The minimum absolute atomic E-state index is 0.0803. The summed E-state index contributed by atoms with van der Waals surface area (Å²) in [5, 5.41) is 9.11. The molecule has 0 aliphatic carbocycles. The summed E-state index contributed by atoms with van der Waals surface area (Å²) in [5.41, 5.74) is 0.270. The largest absolute Gasteiger partial charge is 0.481 e. The number of benzene rings is 1. The highest BCUT2D eigenvalue weighted by atomic mass is 32.2. The van der Waals surface area contributed by atoms with Crippen LogP contribution < -0.4 is 0 Å². The fraction of sp³-hybridized carbons (Fsp3) is 0.357. The Morgan fingerprint density at radius 3 is 2.86 bits per heavy atom. The van der Waals surface area contributed by atoms with Crippen LogP contribution in [0, 0.1) is 11.7 Å². The van der Waals surface area contributed by atoms with Gasteiger partial charge in [-0.3, -0.25) is 4.79 Å². The predicted octanol–water partition coefficient (Wildman–Crippen LogP) is 2.06. The number of aliphatic carboxylic acids is 1. The summed E-state index contributed by atoms with van der Waals surface area (Å²) in [6, 6.07) is 5.00. The lowest BCUT2D eigenvalue weighted by atomic mass is 10.0. The highest BCUT2D eigenvalue weighted by molar-refractivity contribution is 7.89. The van der Waals surface area contributed by atoms with Gasteiger partial charge in [-0.25, -0.2) is 12.8 Å². The molecule has 1 atom stereocenters. The van der Waals surface area contributed by atoms with Crippen LogP contribution in [0.1, 0.15) is 12.8 Å². The van der Waals surface area contributed by atoms with Gasteiger partial charge in [0, 0.05) is 24.5 Å². The lowest BCUT2D eigenvalue weighted by Crippen LogP contribution is -2.42. The van der Waals surface area contributed by atoms with Crippen LogP contribution in [-0.4, -0.2) is 36.9 Å². The molecule has 1 aromatic heterocycles. The van der Waals surface area contributed by atoms with E-state index in [1.807, 2.05) is 0 Å². The number of sulfonamides is 1. The van der Waals surface area contributed by atoms with E-state index in [0.717, 1.165) is 4.31 Å². The van der Waals surface area contributed by atoms with Gasteiger partial charge in [0.05, 0.1) is 5.92 Å². The topological polar surface area (TPSA) is 87.8 Å². The zero-order chi connectivity index (χ0) is 15.9. The first-order valence-electron chi connectivity index (χ1n) is 6.80. The Morgan fingerprint density at radius 2 is 2.14 bits per heavy atom. The second kappa shape index (κ2) is 5.36. The molecular weight excluding hydrogens is 313 g/mol. The molecule has 0 bridgehead atoms. The van der Waals surface area contributed by atoms with Gasteiger partial charge in [-0.1, -0.05) is 0 Å². The molecule has 0 spiro atoms. The van der Waals surface area contributed by atoms with Crippen molar-refractivity contribution in [3.8, 4) is 0 Å². The minimum atomic E-state index is -3.92. The Labute approximate surface area is 126 Å². The van der Waals surface area contributed by atoms with Gasteiger partial charge >= 0.3 is 5.97 Å². The molecule has 0 saturated carbocycles. The van der Waals surface area contributed by atoms with Gasteiger partial charge in [-0.15, -0.1) is 0 Å². The molecule has 1 aliphatic rings. The number of rotatable bonds is 3. The minimum Gasteiger partial charge on any atom is -0.481 e. The summed E-state index contributed by atoms with van der Waals surface area (Å²) in [5.74, 6) is -2.21. The number of furan rings is 1. The third-order valence-electron chi connectivity index (χ3n) is 3.78. The molecule has 118 valence electrons. The smallest absolute Gasteiger partial charge is 0.307 e. The van der Waals surface area contributed by atoms with Crippen LogP contribution in [0.15, 0.2) is 33.8 Å². The van der Waals surface area contributed by atoms with E-state index in [-0.39, 0.29) is 23.8 Å². The second-order valence-electron chi connectivity index (χ2n) is 5.29. The van der Waals surface area contributed by atoms with Gasteiger partial charge in [0.2, 0.25) is 5.09 Å². The van der Waals surface area contributed by atoms with E-state index < -0.39 is 27.7 Å². The maximum absolute atomic E-state index is 13.2. The number of carboxylic acids is 1. The second-order valence-corrected chi connectivity index (χ2v) is 7.16. The molecule has 2 aromatic rings. The number of carboxylic acid groups (broad SMARTS) is 1. The molecule has 2 heterocycles. The summed E-state index contributed by atoms with van der Waals surface area (Å²) in [6.45, 7) is 0.167. The van der Waals surface area contributed by atoms with Crippen molar-refractivity contribution in [1.29, 1.82) is 0 Å². The highest BCUT2D eigenvalue weighted by Gasteiger charge is 2.35. The molecule has 1 unspecified atom stereocenters. The van der Waals surface area contributed by atoms with Crippen molar-refractivity contribution in [1.82, 2.24) is 4.31 Å². The van der Waals surface area contributed by atoms with E-state index in [1.54, 1.807) is 0 Å². The van der Waals surface area contributed by atoms with Crippen LogP contribution in [0.25, 0.3) is 11.0 Å². The van der Waals surface area contributed by atoms with Crippen molar-refractivity contribution in [2.45, 2.75) is 17.9 Å². The molecular formula is C14H14FNO5S. The average Bonchev–Trinajstić information content (AvgIpc) is 2.91. The standard InChI is InChI=1S/C14H14FNO5S/c15-11-3-4-12-10(6-11)7-13(21-12)22(19,20)16-5-1-2-9(8-16)14(17)18/h3-4,6-7,9H,1-2,5,8H2,(H,17,18). The van der Waals surface area contributed by atoms with Crippen LogP contribution in [0.5, 0.6) is 0 Å². The molecule has 1 N–H and O–H groups in total. The quantitative estimate of drug-likeness (QED) is 0.932. The summed E-state index contributed by atoms with van der Waals surface area (Å²) in [6.07, 6.45) is 0.928. The van der Waals surface area contributed by atoms with Crippen LogP contribution in [0.3, 0.4) is 0 Å². The van der Waals surface area contributed by atoms with E-state index in [4.69, 9.17) is 9.52 Å². The van der Waals surface area contributed by atoms with Crippen LogP contribution in [0.2, 0.25) is 0 Å². The van der Waals surface area contributed by atoms with Crippen molar-refractivity contribution in [3.63, 3.8) is 0 Å². The third-order valence-corrected chi connectivity index (χ3v) is 5.50. The Morgan fingerprint density at radius 1 is 1.36 bits per heavy atom. The summed E-state index contributed by atoms with van der Waals surface area (Å²) in [4.78, 5) is 11.1. The molecule has 0 radical (unpaired) electrons. The number of hydrogen-bond donors (Lipinski definition) is 1. The first kappa shape index (κ1) is 15.0. The highest BCUT2D eigenvalue weighted by Crippen LogP contribution is 2.28. The number of nitrogens with zero attached hydrogens (tertiary/aromatic N) is 1. The van der Waals surface area contributed by atoms with Crippen LogP contribution >= 0.6 is 0 Å². The van der Waals surface area contributed by atoms with Crippen molar-refractivity contribution in [2.75, 3.05) is 13.1 Å². The molecule has 0 amide bonds. The molecule has 1 fully saturated rings. The van der Waals surface area contributed by atoms with Gasteiger partial charge in [0.25, 0.3) is 10.0 Å². The van der Waals surface area contributed by atoms with E-state index in [0.29, 0.717) is 18.2 Å². The number of carbonyl (C=O) groups is 1. The van der Waals surface area contributed by atoms with Crippen LogP contribution in [0.4, 0.5) is 4.39 Å². The monoisotopic (exact) mass is 327 g/mol. The summed E-state index contributed by atoms with van der Waals surface area (Å²) >= 11 is 0. The van der Waals surface area contributed by atoms with Gasteiger partial charge in [0.15, 0.2) is 0 Å². The fourth-order valence-corrected chi connectivity index (χ4v) is 4.08. The zero-order valence-electron chi connectivity index (χ0n) is 11.5. The van der Waals surface area contributed by atoms with Crippen molar-refractivity contribution < 1.29 is 27.1 Å². The van der Waals surface area contributed by atoms with Gasteiger partial charge < -0.3 is 9.52 Å². The maximum atomic E-state index is 13.2. The van der Waals surface area contributed by atoms with Crippen molar-refractivity contribution in [3.05, 3.63) is 30.1 Å². The number of piperidine rings is 1. The SMILES string of the molecule is O=C(O)C1CCCN(S(=O)(=O)c2cc3cc(F)ccc3o2)C1. The molecule has 3 rings (SSSR count). The van der Waals surface area contributed by atoms with Crippen molar-refractivity contribution in [2.24, 2.45) is 5.92 Å². The number of fused-ring (bicyclic) bond motifs is 1. The lowest BCUT2D eigenvalue weighted by molar-refractivity contribution is -0.142. The molecule has 1 saturated heterocycles. The van der Waals surface area contributed by atoms with E-state index in [1.165, 1.54) is 24.3 Å². The zero-order valence-corrected chi connectivity index (χ0v) is 12.3. The molecule has 6 nitrogen and oxygen atoms in total. The van der Waals surface area contributed by atoms with E-state index in [2.05, 4.69) is 0 Å². The van der Waals surface area contributed by atoms with Crippen molar-refractivity contribution >= 4 is 27.0 Å². The molecule has 1 aliphatic heterocycles. The normalized spacial score (nSPS) is 20.3. The predicted molar refractivity (Wildman–Crippen MR) is 75.3 cm³/mol. The number of hydrogen-bond acceptors (Lipinski definition) is 4. The Hall–Kier alpha value is -1.93. The average molecular weight is 327 g/mol. The molecule has 8 heteroatoms. The fourth-order valence-electron chi connectivity index (χ4n) is 2.61. The van der Waals surface area contributed by atoms with Gasteiger partial charge in [-0.2, -0.15) is 4.31 Å². The number of halogens is 1. The first-order chi connectivity index (χ1) is 10.4. The van der Waals surface area contributed by atoms with E-state index in [9.17, 15) is 17.6 Å². The van der Waals surface area contributed by atoms with Gasteiger partial charge in [-0.05, 0) is 31.0 Å². The third kappa shape index (κ3) is 2.59. The Balaban J connectivity index is 1.95. The lowest BCUT2D eigenvalue weighted by Gasteiger charge is -2.28. The Kier molecular flexibility index (Phi) is 3.65. The first-order valence-corrected chi connectivity index (χ1v) is 8.24. The molecule has 1 aromatic carbocycles.